The van der Waals surface area contributed by atoms with Gasteiger partial charge in [-0.3, -0.25) is 4.79 Å². The zero-order valence-electron chi connectivity index (χ0n) is 14.5. The molecule has 0 bridgehead atoms. The first kappa shape index (κ1) is 17.3. The smallest absolute Gasteiger partial charge is 0.277 e. The highest BCUT2D eigenvalue weighted by atomic mass is 32.2. The second-order valence-corrected chi connectivity index (χ2v) is 7.12. The van der Waals surface area contributed by atoms with Gasteiger partial charge < -0.3 is 14.2 Å². The fraction of sp³-hybridized carbons (Fsp3) is 0.278. The molecule has 0 spiro atoms. The lowest BCUT2D eigenvalue weighted by atomic mass is 10.1. The first-order valence-electron chi connectivity index (χ1n) is 7.87. The minimum Gasteiger partial charge on any atom is -0.469 e. The van der Waals surface area contributed by atoms with Crippen molar-refractivity contribution in [1.29, 1.82) is 0 Å². The molecule has 1 N–H and O–H groups in total. The van der Waals surface area contributed by atoms with E-state index < -0.39 is 0 Å². The molecule has 130 valence electrons. The van der Waals surface area contributed by atoms with Crippen molar-refractivity contribution < 1.29 is 13.6 Å². The van der Waals surface area contributed by atoms with Crippen molar-refractivity contribution in [1.82, 2.24) is 10.2 Å². The number of amides is 1. The van der Waals surface area contributed by atoms with E-state index in [9.17, 15) is 4.79 Å². The number of benzene rings is 1. The molecular formula is C18H19N3O3S. The Morgan fingerprint density at radius 1 is 1.20 bits per heavy atom. The first-order chi connectivity index (χ1) is 11.9. The third-order valence-corrected chi connectivity index (χ3v) is 4.72. The van der Waals surface area contributed by atoms with Gasteiger partial charge in [-0.05, 0) is 45.4 Å². The average molecular weight is 357 g/mol. The van der Waals surface area contributed by atoms with E-state index in [0.717, 1.165) is 22.4 Å². The van der Waals surface area contributed by atoms with Crippen LogP contribution in [0.15, 0.2) is 44.6 Å². The van der Waals surface area contributed by atoms with Crippen molar-refractivity contribution in [2.24, 2.45) is 0 Å². The average Bonchev–Trinajstić information content (AvgIpc) is 3.18. The van der Waals surface area contributed by atoms with Gasteiger partial charge in [-0.15, -0.1) is 10.2 Å². The van der Waals surface area contributed by atoms with E-state index in [2.05, 4.69) is 15.5 Å². The molecule has 3 aromatic rings. The Morgan fingerprint density at radius 3 is 2.68 bits per heavy atom. The Bertz CT molecular complexity index is 901. The molecule has 1 amide bonds. The number of hydrogen-bond donors (Lipinski definition) is 1. The zero-order chi connectivity index (χ0) is 18.0. The number of anilines is 1. The Hall–Kier alpha value is -2.54. The summed E-state index contributed by atoms with van der Waals surface area (Å²) in [5.41, 5.74) is 3.75. The van der Waals surface area contributed by atoms with Gasteiger partial charge in [0.15, 0.2) is 0 Å². The number of hydrogen-bond acceptors (Lipinski definition) is 6. The molecule has 1 unspecified atom stereocenters. The number of nitrogens with one attached hydrogen (secondary N) is 1. The van der Waals surface area contributed by atoms with Crippen LogP contribution in [0.25, 0.3) is 11.5 Å². The molecule has 0 saturated carbocycles. The van der Waals surface area contributed by atoms with E-state index in [1.807, 2.05) is 39.0 Å². The Morgan fingerprint density at radius 2 is 2.00 bits per heavy atom. The number of thioether (sulfide) groups is 1. The van der Waals surface area contributed by atoms with E-state index in [4.69, 9.17) is 8.83 Å². The van der Waals surface area contributed by atoms with Crippen LogP contribution in [-0.2, 0) is 4.79 Å². The number of nitrogens with zero attached hydrogens (tertiary/aromatic N) is 2. The van der Waals surface area contributed by atoms with E-state index >= 15 is 0 Å². The zero-order valence-corrected chi connectivity index (χ0v) is 15.3. The van der Waals surface area contributed by atoms with Crippen molar-refractivity contribution in [2.75, 3.05) is 5.32 Å². The van der Waals surface area contributed by atoms with Crippen LogP contribution in [0.2, 0.25) is 0 Å². The summed E-state index contributed by atoms with van der Waals surface area (Å²) >= 11 is 1.22. The predicted octanol–water partition coefficient (Wildman–Crippen LogP) is 4.37. The van der Waals surface area contributed by atoms with Crippen molar-refractivity contribution in [2.45, 2.75) is 38.2 Å². The Labute approximate surface area is 150 Å². The van der Waals surface area contributed by atoms with E-state index in [1.165, 1.54) is 11.8 Å². The van der Waals surface area contributed by atoms with Gasteiger partial charge in [-0.1, -0.05) is 29.5 Å². The molecule has 1 atom stereocenters. The number of aryl methyl sites for hydroxylation is 3. The highest BCUT2D eigenvalue weighted by molar-refractivity contribution is 8.00. The van der Waals surface area contributed by atoms with Crippen LogP contribution in [0, 0.1) is 20.8 Å². The maximum absolute atomic E-state index is 12.4. The highest BCUT2D eigenvalue weighted by Gasteiger charge is 2.20. The highest BCUT2D eigenvalue weighted by Crippen LogP contribution is 2.29. The van der Waals surface area contributed by atoms with Crippen LogP contribution in [0.1, 0.15) is 23.8 Å². The van der Waals surface area contributed by atoms with Gasteiger partial charge >= 0.3 is 0 Å². The van der Waals surface area contributed by atoms with Gasteiger partial charge in [-0.2, -0.15) is 0 Å². The number of carbonyl (C=O) groups is 1. The molecular weight excluding hydrogens is 338 g/mol. The van der Waals surface area contributed by atoms with Crippen LogP contribution >= 0.6 is 11.8 Å². The molecule has 1 aromatic carbocycles. The topological polar surface area (TPSA) is 81.2 Å². The third-order valence-electron chi connectivity index (χ3n) is 3.78. The number of furan rings is 1. The molecule has 0 aliphatic carbocycles. The predicted molar refractivity (Wildman–Crippen MR) is 96.6 cm³/mol. The standard InChI is InChI=1S/C18H19N3O3S/c1-10-5-6-15(11(2)9-10)19-16(22)13(4)25-18-21-20-17(24-18)14-7-8-23-12(14)3/h5-9,13H,1-4H3,(H,19,22). The van der Waals surface area contributed by atoms with Crippen molar-refractivity contribution in [3.63, 3.8) is 0 Å². The van der Waals surface area contributed by atoms with Gasteiger partial charge in [0.05, 0.1) is 17.1 Å². The second-order valence-electron chi connectivity index (χ2n) is 5.83. The van der Waals surface area contributed by atoms with Crippen LogP contribution < -0.4 is 5.32 Å². The van der Waals surface area contributed by atoms with Crippen LogP contribution in [-0.4, -0.2) is 21.4 Å². The molecule has 6 nitrogen and oxygen atoms in total. The summed E-state index contributed by atoms with van der Waals surface area (Å²) in [5, 5.41) is 10.9. The summed E-state index contributed by atoms with van der Waals surface area (Å²) in [5.74, 6) is 0.979. The van der Waals surface area contributed by atoms with Crippen LogP contribution in [0.3, 0.4) is 0 Å². The summed E-state index contributed by atoms with van der Waals surface area (Å²) in [6.07, 6.45) is 1.57. The Kier molecular flexibility index (Phi) is 4.94. The summed E-state index contributed by atoms with van der Waals surface area (Å²) in [6, 6.07) is 7.68. The van der Waals surface area contributed by atoms with Crippen molar-refractivity contribution in [3.8, 4) is 11.5 Å². The van der Waals surface area contributed by atoms with Gasteiger partial charge in [0, 0.05) is 5.69 Å². The van der Waals surface area contributed by atoms with Crippen LogP contribution in [0.5, 0.6) is 0 Å². The lowest BCUT2D eigenvalue weighted by molar-refractivity contribution is -0.115. The van der Waals surface area contributed by atoms with Crippen molar-refractivity contribution in [3.05, 3.63) is 47.4 Å². The summed E-state index contributed by atoms with van der Waals surface area (Å²) in [4.78, 5) is 12.4. The molecule has 0 fully saturated rings. The van der Waals surface area contributed by atoms with E-state index in [-0.39, 0.29) is 11.2 Å². The molecule has 25 heavy (non-hydrogen) atoms. The molecule has 2 aromatic heterocycles. The molecule has 0 radical (unpaired) electrons. The fourth-order valence-corrected chi connectivity index (χ4v) is 3.05. The summed E-state index contributed by atoms with van der Waals surface area (Å²) < 4.78 is 10.9. The summed E-state index contributed by atoms with van der Waals surface area (Å²) in [7, 11) is 0. The summed E-state index contributed by atoms with van der Waals surface area (Å²) in [6.45, 7) is 7.62. The molecule has 3 rings (SSSR count). The molecule has 7 heteroatoms. The van der Waals surface area contributed by atoms with Gasteiger partial charge in [0.25, 0.3) is 11.1 Å². The first-order valence-corrected chi connectivity index (χ1v) is 8.74. The monoisotopic (exact) mass is 357 g/mol. The number of aromatic nitrogens is 2. The van der Waals surface area contributed by atoms with Gasteiger partial charge in [-0.25, -0.2) is 0 Å². The van der Waals surface area contributed by atoms with E-state index in [0.29, 0.717) is 16.9 Å². The normalized spacial score (nSPS) is 12.2. The quantitative estimate of drug-likeness (QED) is 0.683. The maximum Gasteiger partial charge on any atom is 0.277 e. The number of carbonyl (C=O) groups excluding carboxylic acids is 1. The molecule has 2 heterocycles. The largest absolute Gasteiger partial charge is 0.469 e. The van der Waals surface area contributed by atoms with E-state index in [1.54, 1.807) is 19.3 Å². The second kappa shape index (κ2) is 7.14. The minimum absolute atomic E-state index is 0.115. The molecule has 0 aliphatic heterocycles. The maximum atomic E-state index is 12.4. The third kappa shape index (κ3) is 3.93. The van der Waals surface area contributed by atoms with Crippen molar-refractivity contribution >= 4 is 23.4 Å². The number of rotatable bonds is 5. The Balaban J connectivity index is 1.66. The van der Waals surface area contributed by atoms with Gasteiger partial charge in [0.2, 0.25) is 5.91 Å². The SMILES string of the molecule is Cc1ccc(NC(=O)C(C)Sc2nnc(-c3ccoc3C)o2)c(C)c1. The van der Waals surface area contributed by atoms with Crippen LogP contribution in [0.4, 0.5) is 5.69 Å². The fourth-order valence-electron chi connectivity index (χ4n) is 2.37. The minimum atomic E-state index is -0.376. The lowest BCUT2D eigenvalue weighted by Gasteiger charge is -2.12. The molecule has 0 saturated heterocycles. The lowest BCUT2D eigenvalue weighted by Crippen LogP contribution is -2.22. The molecule has 0 aliphatic rings. The van der Waals surface area contributed by atoms with Gasteiger partial charge in [0.1, 0.15) is 5.76 Å².